The Morgan fingerprint density at radius 2 is 2.03 bits per heavy atom. The molecule has 0 bridgehead atoms. The van der Waals surface area contributed by atoms with Crippen molar-refractivity contribution in [3.05, 3.63) is 39.9 Å². The molecule has 0 unspecified atom stereocenters. The maximum absolute atomic E-state index is 12.9. The average Bonchev–Trinajstić information content (AvgIpc) is 3.10. The van der Waals surface area contributed by atoms with Crippen LogP contribution in [-0.2, 0) is 18.0 Å². The smallest absolute Gasteiger partial charge is 0.416 e. The summed E-state index contributed by atoms with van der Waals surface area (Å²) >= 11 is 6.59. The molecule has 0 atom stereocenters. The van der Waals surface area contributed by atoms with E-state index < -0.39 is 29.3 Å². The number of carbonyl (C=O) groups excluding carboxylic acids is 1. The van der Waals surface area contributed by atoms with Crippen molar-refractivity contribution in [2.45, 2.75) is 11.2 Å². The molecule has 2 heterocycles. The molecule has 0 spiro atoms. The second kappa shape index (κ2) is 9.46. The Hall–Kier alpha value is -4.01. The highest BCUT2D eigenvalue weighted by molar-refractivity contribution is 8.00. The Morgan fingerprint density at radius 3 is 2.59 bits per heavy atom. The van der Waals surface area contributed by atoms with Crippen LogP contribution in [0.1, 0.15) is 16.7 Å². The van der Waals surface area contributed by atoms with Crippen molar-refractivity contribution in [2.24, 2.45) is 7.05 Å². The number of rotatable bonds is 5. The molecule has 10 nitrogen and oxygen atoms in total. The number of aromatic nitrogens is 3. The normalized spacial score (nSPS) is 11.0. The Balaban J connectivity index is 1.93. The lowest BCUT2D eigenvalue weighted by molar-refractivity contribution is -0.730. The zero-order chi connectivity index (χ0) is 25.2. The van der Waals surface area contributed by atoms with E-state index in [0.717, 1.165) is 16.8 Å². The molecule has 174 valence electrons. The van der Waals surface area contributed by atoms with Gasteiger partial charge in [0.2, 0.25) is 5.91 Å². The van der Waals surface area contributed by atoms with Crippen molar-refractivity contribution < 1.29 is 32.3 Å². The van der Waals surface area contributed by atoms with Crippen LogP contribution < -0.4 is 20.8 Å². The summed E-state index contributed by atoms with van der Waals surface area (Å²) in [4.78, 5) is 16.3. The Morgan fingerprint density at radius 1 is 1.35 bits per heavy atom. The summed E-state index contributed by atoms with van der Waals surface area (Å²) in [5, 5.41) is 36.8. The largest absolute Gasteiger partial charge is 0.539 e. The van der Waals surface area contributed by atoms with Gasteiger partial charge in [0.25, 0.3) is 5.69 Å². The number of nitrogen functional groups attached to an aromatic ring is 1. The van der Waals surface area contributed by atoms with Gasteiger partial charge >= 0.3 is 6.18 Å². The summed E-state index contributed by atoms with van der Waals surface area (Å²) in [5.74, 6) is -2.43. The average molecular weight is 510 g/mol. The van der Waals surface area contributed by atoms with E-state index >= 15 is 0 Å². The molecule has 0 radical (unpaired) electrons. The second-order valence-electron chi connectivity index (χ2n) is 6.51. The molecule has 1 amide bonds. The fourth-order valence-corrected chi connectivity index (χ4v) is 3.80. The maximum atomic E-state index is 12.9. The number of hydrogen-bond donors (Lipinski definition) is 2. The molecule has 3 rings (SSSR count). The number of nitrogens with zero attached hydrogens (tertiary/aromatic N) is 5. The summed E-state index contributed by atoms with van der Waals surface area (Å²) in [6.07, 6.45) is -4.64. The number of halogens is 4. The molecule has 34 heavy (non-hydrogen) atoms. The summed E-state index contributed by atoms with van der Waals surface area (Å²) in [5.41, 5.74) is 3.65. The molecule has 2 aromatic heterocycles. The molecule has 0 saturated heterocycles. The third-order valence-electron chi connectivity index (χ3n) is 4.32. The number of amides is 1. The van der Waals surface area contributed by atoms with Crippen LogP contribution in [0.25, 0.3) is 11.3 Å². The SMILES string of the molecule is C[n+]1noc([O-])c1-c1c(C#N)c(N)nc(SCC(=O)Nc2cc(C(F)(F)F)ccc2Cl)c1C#N. The minimum absolute atomic E-state index is 0.0973. The molecule has 3 aromatic rings. The Labute approximate surface area is 198 Å². The molecule has 0 saturated carbocycles. The van der Waals surface area contributed by atoms with Crippen molar-refractivity contribution in [1.82, 2.24) is 10.3 Å². The number of nitrogens with one attached hydrogen (secondary N) is 1. The van der Waals surface area contributed by atoms with Gasteiger partial charge in [-0.3, -0.25) is 4.79 Å². The van der Waals surface area contributed by atoms with E-state index in [0.29, 0.717) is 17.8 Å². The van der Waals surface area contributed by atoms with Gasteiger partial charge < -0.3 is 20.7 Å². The second-order valence-corrected chi connectivity index (χ2v) is 7.88. The molecular formula is C19H11ClF3N7O3S. The van der Waals surface area contributed by atoms with Crippen LogP contribution >= 0.6 is 23.4 Å². The number of anilines is 2. The first-order chi connectivity index (χ1) is 16.0. The van der Waals surface area contributed by atoms with Gasteiger partial charge in [0.05, 0.1) is 38.4 Å². The summed E-state index contributed by atoms with van der Waals surface area (Å²) < 4.78 is 44.4. The maximum Gasteiger partial charge on any atom is 0.416 e. The van der Waals surface area contributed by atoms with Gasteiger partial charge in [0.15, 0.2) is 13.0 Å². The van der Waals surface area contributed by atoms with Gasteiger partial charge in [-0.2, -0.15) is 23.7 Å². The highest BCUT2D eigenvalue weighted by Crippen LogP contribution is 2.37. The Bertz CT molecular complexity index is 1360. The standard InChI is InChI=1S/C19H11ClF3N7O3S/c1-30-15(18(32)33-29-30)14-9(5-24)16(26)28-17(10(14)6-25)34-7-13(31)27-12-4-8(19(21,22)23)2-3-11(12)20/h2-4H,7H2,1H3,(H3-,26,27,28,29,31,32). The van der Waals surface area contributed by atoms with Gasteiger partial charge in [-0.05, 0) is 18.2 Å². The third kappa shape index (κ3) is 4.83. The van der Waals surface area contributed by atoms with Gasteiger partial charge in [0.1, 0.15) is 28.5 Å². The van der Waals surface area contributed by atoms with Crippen LogP contribution in [0.2, 0.25) is 5.02 Å². The van der Waals surface area contributed by atoms with Gasteiger partial charge in [-0.1, -0.05) is 28.0 Å². The lowest BCUT2D eigenvalue weighted by Gasteiger charge is -2.12. The number of carbonyl (C=O) groups is 1. The van der Waals surface area contributed by atoms with Crippen LogP contribution in [0.15, 0.2) is 27.7 Å². The molecule has 1 aromatic carbocycles. The van der Waals surface area contributed by atoms with Crippen LogP contribution in [-0.4, -0.2) is 21.9 Å². The van der Waals surface area contributed by atoms with E-state index in [1.165, 1.54) is 7.05 Å². The number of thioether (sulfide) groups is 1. The monoisotopic (exact) mass is 509 g/mol. The summed E-state index contributed by atoms with van der Waals surface area (Å²) in [6.45, 7) is 0. The number of aryl methyl sites for hydroxylation is 1. The van der Waals surface area contributed by atoms with Crippen LogP contribution in [0.3, 0.4) is 0 Å². The molecule has 0 aliphatic rings. The van der Waals surface area contributed by atoms with E-state index in [1.54, 1.807) is 6.07 Å². The fourth-order valence-electron chi connectivity index (χ4n) is 2.84. The van der Waals surface area contributed by atoms with Gasteiger partial charge in [0, 0.05) is 0 Å². The lowest BCUT2D eigenvalue weighted by atomic mass is 10.0. The fraction of sp³-hybridized carbons (Fsp3) is 0.158. The van der Waals surface area contributed by atoms with E-state index in [9.17, 15) is 33.6 Å². The number of nitriles is 2. The van der Waals surface area contributed by atoms with Crippen molar-refractivity contribution in [3.8, 4) is 29.3 Å². The minimum atomic E-state index is -4.64. The summed E-state index contributed by atoms with van der Waals surface area (Å²) in [6, 6.07) is 6.05. The molecule has 0 aliphatic heterocycles. The summed E-state index contributed by atoms with van der Waals surface area (Å²) in [7, 11) is 1.35. The van der Waals surface area contributed by atoms with E-state index in [-0.39, 0.29) is 43.9 Å². The molecule has 15 heteroatoms. The highest BCUT2D eigenvalue weighted by Gasteiger charge is 2.31. The van der Waals surface area contributed by atoms with Crippen molar-refractivity contribution in [1.29, 1.82) is 10.5 Å². The highest BCUT2D eigenvalue weighted by atomic mass is 35.5. The molecule has 0 fully saturated rings. The van der Waals surface area contributed by atoms with Crippen molar-refractivity contribution >= 4 is 40.8 Å². The number of pyridine rings is 1. The third-order valence-corrected chi connectivity index (χ3v) is 5.63. The van der Waals surface area contributed by atoms with E-state index in [1.807, 2.05) is 6.07 Å². The number of benzene rings is 1. The number of hydrogen-bond acceptors (Lipinski definition) is 9. The lowest BCUT2D eigenvalue weighted by Crippen LogP contribution is -2.32. The van der Waals surface area contributed by atoms with Gasteiger partial charge in [-0.15, -0.1) is 0 Å². The zero-order valence-electron chi connectivity index (χ0n) is 16.9. The van der Waals surface area contributed by atoms with Gasteiger partial charge in [-0.25, -0.2) is 4.98 Å². The predicted molar refractivity (Wildman–Crippen MR) is 110 cm³/mol. The molecule has 3 N–H and O–H groups in total. The zero-order valence-corrected chi connectivity index (χ0v) is 18.5. The number of alkyl halides is 3. The molecular weight excluding hydrogens is 499 g/mol. The first kappa shape index (κ1) is 24.6. The van der Waals surface area contributed by atoms with Crippen molar-refractivity contribution in [2.75, 3.05) is 16.8 Å². The van der Waals surface area contributed by atoms with E-state index in [2.05, 4.69) is 20.1 Å². The predicted octanol–water partition coefficient (Wildman–Crippen LogP) is 2.36. The first-order valence-corrected chi connectivity index (χ1v) is 10.3. The van der Waals surface area contributed by atoms with Crippen molar-refractivity contribution in [3.63, 3.8) is 0 Å². The molecule has 0 aliphatic carbocycles. The van der Waals surface area contributed by atoms with Crippen LogP contribution in [0, 0.1) is 22.7 Å². The number of nitrogens with two attached hydrogens (primary N) is 1. The van der Waals surface area contributed by atoms with Crippen LogP contribution in [0.5, 0.6) is 5.95 Å². The Kier molecular flexibility index (Phi) is 6.85. The topological polar surface area (TPSA) is 169 Å². The van der Waals surface area contributed by atoms with E-state index in [4.69, 9.17) is 17.3 Å². The minimum Gasteiger partial charge on any atom is -0.539 e. The first-order valence-electron chi connectivity index (χ1n) is 8.94. The quantitative estimate of drug-likeness (QED) is 0.387. The van der Waals surface area contributed by atoms with Crippen LogP contribution in [0.4, 0.5) is 24.7 Å².